The Bertz CT molecular complexity index is 502. The summed E-state index contributed by atoms with van der Waals surface area (Å²) in [5, 5.41) is 27.2. The van der Waals surface area contributed by atoms with E-state index < -0.39 is 16.6 Å². The minimum Gasteiger partial charge on any atom is -0.388 e. The second kappa shape index (κ2) is 7.12. The van der Waals surface area contributed by atoms with E-state index in [0.717, 1.165) is 32.1 Å². The molecule has 0 aromatic carbocycles. The molecule has 6 nitrogen and oxygen atoms in total. The molecule has 0 saturated heterocycles. The molecule has 3 rings (SSSR count). The molecule has 2 amide bonds. The van der Waals surface area contributed by atoms with Crippen LogP contribution in [0.5, 0.6) is 0 Å². The molecule has 0 spiro atoms. The van der Waals surface area contributed by atoms with Crippen LogP contribution in [0.15, 0.2) is 0 Å². The fourth-order valence-electron chi connectivity index (χ4n) is 4.87. The molecule has 3 fully saturated rings. The Morgan fingerprint density at radius 2 is 1.04 bits per heavy atom. The predicted molar refractivity (Wildman–Crippen MR) is 98.3 cm³/mol. The monoisotopic (exact) mass is 366 g/mol. The number of amides is 2. The van der Waals surface area contributed by atoms with Gasteiger partial charge in [-0.15, -0.1) is 0 Å². The lowest BCUT2D eigenvalue weighted by atomic mass is 9.66. The Hall–Kier alpha value is -1.14. The van der Waals surface area contributed by atoms with Crippen molar-refractivity contribution in [3.05, 3.63) is 0 Å². The topological polar surface area (TPSA) is 98.7 Å². The summed E-state index contributed by atoms with van der Waals surface area (Å²) in [5.41, 5.74) is -2.76. The molecule has 3 aliphatic carbocycles. The van der Waals surface area contributed by atoms with Gasteiger partial charge in [0.15, 0.2) is 0 Å². The molecule has 0 radical (unpaired) electrons. The molecule has 26 heavy (non-hydrogen) atoms. The third kappa shape index (κ3) is 3.38. The van der Waals surface area contributed by atoms with E-state index in [1.165, 1.54) is 0 Å². The van der Waals surface area contributed by atoms with Gasteiger partial charge in [-0.1, -0.05) is 32.1 Å². The number of hydrogen-bond donors (Lipinski definition) is 4. The van der Waals surface area contributed by atoms with Crippen LogP contribution in [0.4, 0.5) is 0 Å². The maximum absolute atomic E-state index is 12.9. The molecule has 3 saturated carbocycles. The average molecular weight is 367 g/mol. The van der Waals surface area contributed by atoms with Gasteiger partial charge in [0, 0.05) is 0 Å². The molecule has 3 aliphatic rings. The van der Waals surface area contributed by atoms with Crippen molar-refractivity contribution in [2.24, 2.45) is 5.41 Å². The van der Waals surface area contributed by atoms with Crippen LogP contribution < -0.4 is 10.6 Å². The third-order valence-electron chi connectivity index (χ3n) is 7.32. The van der Waals surface area contributed by atoms with Crippen LogP contribution in [-0.2, 0) is 9.59 Å². The van der Waals surface area contributed by atoms with Crippen molar-refractivity contribution in [3.63, 3.8) is 0 Å². The van der Waals surface area contributed by atoms with Crippen molar-refractivity contribution in [1.29, 1.82) is 0 Å². The van der Waals surface area contributed by atoms with Crippen LogP contribution >= 0.6 is 0 Å². The van der Waals surface area contributed by atoms with E-state index in [1.807, 2.05) is 13.8 Å². The quantitative estimate of drug-likeness (QED) is 0.539. The Morgan fingerprint density at radius 3 is 1.31 bits per heavy atom. The molecular weight excluding hydrogens is 332 g/mol. The van der Waals surface area contributed by atoms with E-state index in [0.29, 0.717) is 38.5 Å². The minimum absolute atomic E-state index is 0.278. The van der Waals surface area contributed by atoms with Crippen molar-refractivity contribution < 1.29 is 19.8 Å². The number of carbonyl (C=O) groups excluding carboxylic acids is 2. The fourth-order valence-corrected chi connectivity index (χ4v) is 4.87. The van der Waals surface area contributed by atoms with Crippen LogP contribution in [-0.4, -0.2) is 45.3 Å². The molecule has 148 valence electrons. The third-order valence-corrected chi connectivity index (χ3v) is 7.32. The van der Waals surface area contributed by atoms with Crippen molar-refractivity contribution in [1.82, 2.24) is 10.6 Å². The molecular formula is C20H34N2O4. The highest BCUT2D eigenvalue weighted by molar-refractivity contribution is 6.06. The number of aliphatic hydroxyl groups is 2. The molecule has 0 bridgehead atoms. The van der Waals surface area contributed by atoms with Gasteiger partial charge >= 0.3 is 0 Å². The first kappa shape index (κ1) is 19.6. The first-order chi connectivity index (χ1) is 12.2. The zero-order valence-electron chi connectivity index (χ0n) is 16.1. The maximum Gasteiger partial charge on any atom is 0.236 e. The lowest BCUT2D eigenvalue weighted by Crippen LogP contribution is -2.62. The van der Waals surface area contributed by atoms with Gasteiger partial charge in [0.25, 0.3) is 0 Å². The van der Waals surface area contributed by atoms with Crippen molar-refractivity contribution in [3.8, 4) is 0 Å². The minimum atomic E-state index is -1.05. The van der Waals surface area contributed by atoms with Gasteiger partial charge in [0.05, 0.1) is 23.3 Å². The van der Waals surface area contributed by atoms with Gasteiger partial charge < -0.3 is 20.8 Å². The summed E-state index contributed by atoms with van der Waals surface area (Å²) < 4.78 is 0. The number of hydrogen-bond acceptors (Lipinski definition) is 4. The van der Waals surface area contributed by atoms with Crippen molar-refractivity contribution in [2.45, 2.75) is 108 Å². The first-order valence-electron chi connectivity index (χ1n) is 10.3. The summed E-state index contributed by atoms with van der Waals surface area (Å²) in [7, 11) is 0. The molecule has 0 unspecified atom stereocenters. The van der Waals surface area contributed by atoms with Gasteiger partial charge in [-0.2, -0.15) is 0 Å². The van der Waals surface area contributed by atoms with Gasteiger partial charge in [-0.25, -0.2) is 0 Å². The largest absolute Gasteiger partial charge is 0.388 e. The van der Waals surface area contributed by atoms with E-state index in [9.17, 15) is 19.8 Å². The Kier molecular flexibility index (Phi) is 5.37. The van der Waals surface area contributed by atoms with Crippen molar-refractivity contribution in [2.75, 3.05) is 0 Å². The van der Waals surface area contributed by atoms with E-state index in [1.54, 1.807) is 0 Å². The lowest BCUT2D eigenvalue weighted by molar-refractivity contribution is -0.152. The van der Waals surface area contributed by atoms with Crippen LogP contribution in [0, 0.1) is 5.41 Å². The van der Waals surface area contributed by atoms with Gasteiger partial charge in [-0.3, -0.25) is 9.59 Å². The van der Waals surface area contributed by atoms with Crippen LogP contribution in [0.2, 0.25) is 0 Å². The maximum atomic E-state index is 12.9. The summed E-state index contributed by atoms with van der Waals surface area (Å²) >= 11 is 0. The highest BCUT2D eigenvalue weighted by Gasteiger charge is 2.53. The highest BCUT2D eigenvalue weighted by atomic mass is 16.3. The summed E-state index contributed by atoms with van der Waals surface area (Å²) in [6.45, 7) is 3.66. The lowest BCUT2D eigenvalue weighted by Gasteiger charge is -2.42. The molecule has 6 heteroatoms. The van der Waals surface area contributed by atoms with Gasteiger partial charge in [0.2, 0.25) is 11.8 Å². The Balaban J connectivity index is 1.63. The zero-order valence-corrected chi connectivity index (χ0v) is 16.1. The molecule has 0 aliphatic heterocycles. The highest BCUT2D eigenvalue weighted by Crippen LogP contribution is 2.43. The van der Waals surface area contributed by atoms with Crippen LogP contribution in [0.3, 0.4) is 0 Å². The summed E-state index contributed by atoms with van der Waals surface area (Å²) in [5.74, 6) is -0.556. The Labute approximate surface area is 156 Å². The zero-order chi connectivity index (χ0) is 19.0. The van der Waals surface area contributed by atoms with Gasteiger partial charge in [-0.05, 0) is 52.4 Å². The molecule has 0 aromatic rings. The predicted octanol–water partition coefficient (Wildman–Crippen LogP) is 1.78. The average Bonchev–Trinajstić information content (AvgIpc) is 3.16. The summed E-state index contributed by atoms with van der Waals surface area (Å²) in [4.78, 5) is 25.9. The van der Waals surface area contributed by atoms with Crippen LogP contribution in [0.25, 0.3) is 0 Å². The number of carbonyl (C=O) groups is 2. The second-order valence-electron chi connectivity index (χ2n) is 8.95. The van der Waals surface area contributed by atoms with Crippen LogP contribution in [0.1, 0.15) is 84.5 Å². The smallest absolute Gasteiger partial charge is 0.236 e. The summed E-state index contributed by atoms with van der Waals surface area (Å²) in [6, 6.07) is -0.724. The van der Waals surface area contributed by atoms with E-state index in [2.05, 4.69) is 10.6 Å². The van der Waals surface area contributed by atoms with E-state index in [-0.39, 0.29) is 23.9 Å². The number of rotatable bonds is 6. The molecule has 4 N–H and O–H groups in total. The SMILES string of the molecule is C[C@@H](NC(=O)C1(C(=O)N[C@H](C)C2(O)CCCC2)CCC1)C1(O)CCCC1. The number of nitrogens with one attached hydrogen (secondary N) is 2. The summed E-state index contributed by atoms with van der Waals surface area (Å²) in [6.07, 6.45) is 8.55. The Morgan fingerprint density at radius 1 is 0.692 bits per heavy atom. The van der Waals surface area contributed by atoms with E-state index in [4.69, 9.17) is 0 Å². The van der Waals surface area contributed by atoms with E-state index >= 15 is 0 Å². The molecule has 0 heterocycles. The fraction of sp³-hybridized carbons (Fsp3) is 0.900. The molecule has 0 aromatic heterocycles. The standard InChI is InChI=1S/C20H34N2O4/c1-14(19(25)10-3-4-11-19)21-16(23)18(8-7-9-18)17(24)22-15(2)20(26)12-5-6-13-20/h14-15,25-26H,3-13H2,1-2H3,(H,21,23)(H,22,24)/t14-,15-/m1/s1. The van der Waals surface area contributed by atoms with Crippen molar-refractivity contribution >= 4 is 11.8 Å². The normalized spacial score (nSPS) is 28.0. The second-order valence-corrected chi connectivity index (χ2v) is 8.95. The molecule has 2 atom stereocenters. The van der Waals surface area contributed by atoms with Gasteiger partial charge in [0.1, 0.15) is 5.41 Å². The first-order valence-corrected chi connectivity index (χ1v) is 10.3.